The highest BCUT2D eigenvalue weighted by molar-refractivity contribution is 4.65. The summed E-state index contributed by atoms with van der Waals surface area (Å²) in [4.78, 5) is 0. The van der Waals surface area contributed by atoms with E-state index in [0.29, 0.717) is 17.6 Å². The zero-order valence-electron chi connectivity index (χ0n) is 7.16. The quantitative estimate of drug-likeness (QED) is 0.410. The molecular formula is C8H18NO2+. The van der Waals surface area contributed by atoms with Crippen molar-refractivity contribution in [3.05, 3.63) is 12.7 Å². The van der Waals surface area contributed by atoms with Crippen molar-refractivity contribution in [2.45, 2.75) is 0 Å². The van der Waals surface area contributed by atoms with Gasteiger partial charge in [-0.05, 0) is 6.08 Å². The summed E-state index contributed by atoms with van der Waals surface area (Å²) in [5.41, 5.74) is 0. The SMILES string of the molecule is C=CC[N+](C)(CCO)CCO. The van der Waals surface area contributed by atoms with Gasteiger partial charge in [0.15, 0.2) is 0 Å². The van der Waals surface area contributed by atoms with Crippen molar-refractivity contribution < 1.29 is 14.7 Å². The molecule has 0 bridgehead atoms. The monoisotopic (exact) mass is 160 g/mol. The maximum atomic E-state index is 8.72. The highest BCUT2D eigenvalue weighted by Crippen LogP contribution is 2.00. The minimum absolute atomic E-state index is 0.157. The number of hydrogen-bond acceptors (Lipinski definition) is 2. The Balaban J connectivity index is 3.88. The first-order valence-electron chi connectivity index (χ1n) is 3.84. The van der Waals surface area contributed by atoms with Crippen LogP contribution < -0.4 is 0 Å². The Morgan fingerprint density at radius 2 is 1.73 bits per heavy atom. The number of aliphatic hydroxyl groups is 2. The van der Waals surface area contributed by atoms with Gasteiger partial charge in [0, 0.05) is 0 Å². The van der Waals surface area contributed by atoms with Crippen molar-refractivity contribution in [2.75, 3.05) is 39.9 Å². The second-order valence-electron chi connectivity index (χ2n) is 2.99. The fourth-order valence-electron chi connectivity index (χ4n) is 1.09. The van der Waals surface area contributed by atoms with E-state index in [9.17, 15) is 0 Å². The molecule has 0 fully saturated rings. The molecule has 0 unspecified atom stereocenters. The lowest BCUT2D eigenvalue weighted by molar-refractivity contribution is -0.904. The lowest BCUT2D eigenvalue weighted by Crippen LogP contribution is -2.48. The third-order valence-electron chi connectivity index (χ3n) is 1.85. The normalized spacial score (nSPS) is 11.5. The topological polar surface area (TPSA) is 40.5 Å². The number of aliphatic hydroxyl groups excluding tert-OH is 2. The first kappa shape index (κ1) is 10.6. The molecule has 0 aromatic rings. The van der Waals surface area contributed by atoms with E-state index < -0.39 is 0 Å². The molecule has 0 aromatic heterocycles. The molecule has 66 valence electrons. The second-order valence-corrected chi connectivity index (χ2v) is 2.99. The first-order valence-corrected chi connectivity index (χ1v) is 3.84. The summed E-state index contributed by atoms with van der Waals surface area (Å²) in [6.45, 7) is 6.08. The van der Waals surface area contributed by atoms with E-state index in [2.05, 4.69) is 6.58 Å². The molecule has 0 heterocycles. The van der Waals surface area contributed by atoms with E-state index in [1.165, 1.54) is 0 Å². The third-order valence-corrected chi connectivity index (χ3v) is 1.85. The van der Waals surface area contributed by atoms with Gasteiger partial charge in [-0.15, -0.1) is 0 Å². The van der Waals surface area contributed by atoms with Gasteiger partial charge < -0.3 is 14.7 Å². The van der Waals surface area contributed by atoms with Gasteiger partial charge in [0.05, 0.1) is 26.8 Å². The van der Waals surface area contributed by atoms with Gasteiger partial charge in [-0.1, -0.05) is 6.58 Å². The van der Waals surface area contributed by atoms with Crippen molar-refractivity contribution in [2.24, 2.45) is 0 Å². The van der Waals surface area contributed by atoms with Crippen molar-refractivity contribution in [1.82, 2.24) is 0 Å². The molecule has 3 heteroatoms. The molecule has 11 heavy (non-hydrogen) atoms. The Bertz CT molecular complexity index is 109. The predicted octanol–water partition coefficient (Wildman–Crippen LogP) is -0.396. The van der Waals surface area contributed by atoms with Crippen molar-refractivity contribution in [3.8, 4) is 0 Å². The zero-order valence-corrected chi connectivity index (χ0v) is 7.16. The molecule has 0 radical (unpaired) electrons. The smallest absolute Gasteiger partial charge is 0.102 e. The fourth-order valence-corrected chi connectivity index (χ4v) is 1.09. The van der Waals surface area contributed by atoms with Gasteiger partial charge in [-0.2, -0.15) is 0 Å². The van der Waals surface area contributed by atoms with Gasteiger partial charge in [-0.3, -0.25) is 0 Å². The van der Waals surface area contributed by atoms with Crippen LogP contribution in [0.1, 0.15) is 0 Å². The number of hydrogen-bond donors (Lipinski definition) is 2. The van der Waals surface area contributed by atoms with E-state index in [1.807, 2.05) is 13.1 Å². The average molecular weight is 160 g/mol. The Labute approximate surface area is 68.2 Å². The summed E-state index contributed by atoms with van der Waals surface area (Å²) < 4.78 is 0.663. The van der Waals surface area contributed by atoms with Crippen LogP contribution in [-0.4, -0.2) is 54.6 Å². The van der Waals surface area contributed by atoms with Crippen LogP contribution in [0.5, 0.6) is 0 Å². The summed E-state index contributed by atoms with van der Waals surface area (Å²) in [6, 6.07) is 0. The molecule has 0 aliphatic heterocycles. The minimum Gasteiger partial charge on any atom is -0.391 e. The van der Waals surface area contributed by atoms with E-state index in [1.54, 1.807) is 0 Å². The summed E-state index contributed by atoms with van der Waals surface area (Å²) in [5, 5.41) is 17.4. The van der Waals surface area contributed by atoms with E-state index >= 15 is 0 Å². The summed E-state index contributed by atoms with van der Waals surface area (Å²) in [6.07, 6.45) is 1.81. The molecule has 0 aliphatic rings. The number of rotatable bonds is 6. The maximum Gasteiger partial charge on any atom is 0.102 e. The van der Waals surface area contributed by atoms with Gasteiger partial charge in [0.25, 0.3) is 0 Å². The largest absolute Gasteiger partial charge is 0.391 e. The predicted molar refractivity (Wildman–Crippen MR) is 45.2 cm³/mol. The van der Waals surface area contributed by atoms with Gasteiger partial charge in [-0.25, -0.2) is 0 Å². The molecular weight excluding hydrogens is 142 g/mol. The van der Waals surface area contributed by atoms with Crippen molar-refractivity contribution >= 4 is 0 Å². The molecule has 0 aromatic carbocycles. The van der Waals surface area contributed by atoms with Gasteiger partial charge in [0.1, 0.15) is 13.1 Å². The highest BCUT2D eigenvalue weighted by Gasteiger charge is 2.17. The summed E-state index contributed by atoms with van der Waals surface area (Å²) in [5.74, 6) is 0. The zero-order chi connectivity index (χ0) is 8.74. The maximum absolute atomic E-state index is 8.72. The minimum atomic E-state index is 0.157. The van der Waals surface area contributed by atoms with Crippen LogP contribution in [0.2, 0.25) is 0 Å². The Hall–Kier alpha value is -0.380. The molecule has 0 rings (SSSR count). The lowest BCUT2D eigenvalue weighted by atomic mass is 10.3. The van der Waals surface area contributed by atoms with Crippen LogP contribution >= 0.6 is 0 Å². The van der Waals surface area contributed by atoms with Crippen LogP contribution in [0.25, 0.3) is 0 Å². The van der Waals surface area contributed by atoms with E-state index in [4.69, 9.17) is 10.2 Å². The van der Waals surface area contributed by atoms with Crippen LogP contribution in [0.4, 0.5) is 0 Å². The molecule has 3 nitrogen and oxygen atoms in total. The molecule has 0 saturated heterocycles. The molecule has 0 saturated carbocycles. The fraction of sp³-hybridized carbons (Fsp3) is 0.750. The van der Waals surface area contributed by atoms with Gasteiger partial charge in [0.2, 0.25) is 0 Å². The van der Waals surface area contributed by atoms with Crippen LogP contribution in [0, 0.1) is 0 Å². The molecule has 0 atom stereocenters. The number of quaternary nitrogens is 1. The third kappa shape index (κ3) is 4.14. The summed E-state index contributed by atoms with van der Waals surface area (Å²) in [7, 11) is 1.99. The van der Waals surface area contributed by atoms with Crippen molar-refractivity contribution in [3.63, 3.8) is 0 Å². The van der Waals surface area contributed by atoms with Crippen LogP contribution in [-0.2, 0) is 0 Å². The molecule has 0 aliphatic carbocycles. The number of likely N-dealkylation sites (N-methyl/N-ethyl adjacent to an activating group) is 1. The van der Waals surface area contributed by atoms with Crippen LogP contribution in [0.3, 0.4) is 0 Å². The molecule has 0 amide bonds. The number of nitrogens with zero attached hydrogens (tertiary/aromatic N) is 1. The standard InChI is InChI=1S/C8H18NO2/c1-3-4-9(2,5-7-10)6-8-11/h3,10-11H,1,4-8H2,2H3/q+1. The lowest BCUT2D eigenvalue weighted by Gasteiger charge is -2.31. The van der Waals surface area contributed by atoms with Crippen LogP contribution in [0.15, 0.2) is 12.7 Å². The molecule has 2 N–H and O–H groups in total. The van der Waals surface area contributed by atoms with E-state index in [-0.39, 0.29) is 13.2 Å². The average Bonchev–Trinajstić information content (AvgIpc) is 1.88. The Morgan fingerprint density at radius 1 is 1.27 bits per heavy atom. The van der Waals surface area contributed by atoms with Gasteiger partial charge >= 0.3 is 0 Å². The van der Waals surface area contributed by atoms with Crippen molar-refractivity contribution in [1.29, 1.82) is 0 Å². The summed E-state index contributed by atoms with van der Waals surface area (Å²) >= 11 is 0. The molecule has 0 spiro atoms. The highest BCUT2D eigenvalue weighted by atomic mass is 16.3. The Kier molecular flexibility index (Phi) is 5.11. The first-order chi connectivity index (χ1) is 5.18. The second kappa shape index (κ2) is 5.29. The Morgan fingerprint density at radius 3 is 2.00 bits per heavy atom. The van der Waals surface area contributed by atoms with E-state index in [0.717, 1.165) is 6.54 Å².